The molecule has 1 aromatic heterocycles. The van der Waals surface area contributed by atoms with Crippen molar-refractivity contribution in [1.82, 2.24) is 15.3 Å². The van der Waals surface area contributed by atoms with Crippen molar-refractivity contribution in [3.05, 3.63) is 18.2 Å². The molecular formula is C17H23F3N4O. The van der Waals surface area contributed by atoms with Crippen LogP contribution in [0, 0.1) is 17.2 Å². The quantitative estimate of drug-likeness (QED) is 0.901. The Morgan fingerprint density at radius 3 is 2.56 bits per heavy atom. The molecule has 0 radical (unpaired) electrons. The fourth-order valence-corrected chi connectivity index (χ4v) is 3.41. The van der Waals surface area contributed by atoms with Crippen LogP contribution >= 0.6 is 0 Å². The minimum atomic E-state index is -2.87. The van der Waals surface area contributed by atoms with Crippen molar-refractivity contribution in [2.24, 2.45) is 11.3 Å². The smallest absolute Gasteiger partial charge is 0.254 e. The van der Waals surface area contributed by atoms with Gasteiger partial charge in [-0.05, 0) is 19.3 Å². The topological polar surface area (TPSA) is 58.1 Å². The van der Waals surface area contributed by atoms with Crippen molar-refractivity contribution in [2.75, 3.05) is 24.5 Å². The van der Waals surface area contributed by atoms with Crippen LogP contribution in [0.5, 0.6) is 0 Å². The van der Waals surface area contributed by atoms with Crippen LogP contribution in [0.25, 0.3) is 0 Å². The highest BCUT2D eigenvalue weighted by molar-refractivity contribution is 5.83. The van der Waals surface area contributed by atoms with Gasteiger partial charge in [-0.1, -0.05) is 13.3 Å². The second-order valence-corrected chi connectivity index (χ2v) is 7.31. The molecule has 2 heterocycles. The number of hydrogen-bond donors (Lipinski definition) is 1. The highest BCUT2D eigenvalue weighted by atomic mass is 19.3. The first-order chi connectivity index (χ1) is 11.8. The van der Waals surface area contributed by atoms with Gasteiger partial charge in [-0.15, -0.1) is 0 Å². The van der Waals surface area contributed by atoms with Crippen molar-refractivity contribution in [2.45, 2.75) is 45.0 Å². The predicted octanol–water partition coefficient (Wildman–Crippen LogP) is 2.77. The van der Waals surface area contributed by atoms with Gasteiger partial charge in [0.1, 0.15) is 0 Å². The molecule has 1 saturated carbocycles. The molecule has 1 amide bonds. The first kappa shape index (κ1) is 17.9. The van der Waals surface area contributed by atoms with Crippen molar-refractivity contribution in [3.8, 4) is 0 Å². The van der Waals surface area contributed by atoms with E-state index in [0.717, 1.165) is 31.7 Å². The molecule has 1 saturated heterocycles. The zero-order chi connectivity index (χ0) is 18.1. The molecule has 2 fully saturated rings. The number of amides is 1. The Hall–Kier alpha value is -1.86. The summed E-state index contributed by atoms with van der Waals surface area (Å²) in [4.78, 5) is 21.6. The van der Waals surface area contributed by atoms with E-state index in [4.69, 9.17) is 0 Å². The lowest BCUT2D eigenvalue weighted by Crippen LogP contribution is -2.47. The summed E-state index contributed by atoms with van der Waals surface area (Å²) in [7, 11) is 0. The third-order valence-electron chi connectivity index (χ3n) is 5.46. The van der Waals surface area contributed by atoms with Gasteiger partial charge in [0, 0.05) is 37.4 Å². The summed E-state index contributed by atoms with van der Waals surface area (Å²) in [5, 5.41) is 2.72. The third-order valence-corrected chi connectivity index (χ3v) is 5.46. The van der Waals surface area contributed by atoms with E-state index in [0.29, 0.717) is 6.54 Å². The molecule has 1 aliphatic heterocycles. The normalized spacial score (nSPS) is 25.0. The van der Waals surface area contributed by atoms with Gasteiger partial charge >= 0.3 is 0 Å². The molecule has 5 nitrogen and oxygen atoms in total. The Kier molecular flexibility index (Phi) is 4.88. The average molecular weight is 356 g/mol. The number of anilines is 1. The lowest BCUT2D eigenvalue weighted by molar-refractivity contribution is -0.135. The van der Waals surface area contributed by atoms with Crippen molar-refractivity contribution >= 4 is 11.9 Å². The largest absolute Gasteiger partial charge is 0.355 e. The molecule has 1 unspecified atom stereocenters. The first-order valence-corrected chi connectivity index (χ1v) is 8.69. The second kappa shape index (κ2) is 6.80. The summed E-state index contributed by atoms with van der Waals surface area (Å²) in [6.45, 7) is 2.30. The number of nitrogens with one attached hydrogen (secondary N) is 1. The minimum absolute atomic E-state index is 0.0282. The third kappa shape index (κ3) is 3.88. The number of nitrogens with zero attached hydrogens (tertiary/aromatic N) is 3. The van der Waals surface area contributed by atoms with Gasteiger partial charge in [0.05, 0.1) is 12.4 Å². The maximum atomic E-state index is 14.4. The van der Waals surface area contributed by atoms with E-state index >= 15 is 0 Å². The maximum Gasteiger partial charge on any atom is 0.254 e. The summed E-state index contributed by atoms with van der Waals surface area (Å²) in [5.41, 5.74) is -0.395. The van der Waals surface area contributed by atoms with E-state index in [1.807, 2.05) is 6.92 Å². The summed E-state index contributed by atoms with van der Waals surface area (Å²) in [6, 6.07) is 0. The van der Waals surface area contributed by atoms with Crippen molar-refractivity contribution in [1.29, 1.82) is 0 Å². The van der Waals surface area contributed by atoms with Gasteiger partial charge in [-0.3, -0.25) is 4.79 Å². The molecular weight excluding hydrogens is 333 g/mol. The molecule has 3 rings (SSSR count). The van der Waals surface area contributed by atoms with E-state index < -0.39 is 23.1 Å². The lowest BCUT2D eigenvalue weighted by Gasteiger charge is -2.37. The average Bonchev–Trinajstić information content (AvgIpc) is 2.69. The Bertz CT molecular complexity index is 619. The number of alkyl halides is 2. The van der Waals surface area contributed by atoms with Crippen LogP contribution in [0.1, 0.15) is 39.0 Å². The van der Waals surface area contributed by atoms with Crippen LogP contribution in [0.3, 0.4) is 0 Å². The summed E-state index contributed by atoms with van der Waals surface area (Å²) < 4.78 is 41.8. The molecule has 1 N–H and O–H groups in total. The van der Waals surface area contributed by atoms with Crippen LogP contribution in [0.2, 0.25) is 0 Å². The molecule has 8 heteroatoms. The van der Waals surface area contributed by atoms with Crippen molar-refractivity contribution in [3.63, 3.8) is 0 Å². The fourth-order valence-electron chi connectivity index (χ4n) is 3.41. The summed E-state index contributed by atoms with van der Waals surface area (Å²) in [6.07, 6.45) is 4.57. The molecule has 1 aromatic rings. The standard InChI is InChI=1S/C17H23F3N4O/c1-16(4-2-5-16)14(25)21-9-12-3-7-24(8-6-17(12,19)20)15-22-10-13(18)11-23-15/h10-12H,2-9H2,1H3,(H,21,25). The van der Waals surface area contributed by atoms with Gasteiger partial charge in [-0.2, -0.15) is 0 Å². The van der Waals surface area contributed by atoms with E-state index in [-0.39, 0.29) is 37.8 Å². The second-order valence-electron chi connectivity index (χ2n) is 7.31. The summed E-state index contributed by atoms with van der Waals surface area (Å²) >= 11 is 0. The Morgan fingerprint density at radius 1 is 1.28 bits per heavy atom. The summed E-state index contributed by atoms with van der Waals surface area (Å²) in [5.74, 6) is -4.23. The highest BCUT2D eigenvalue weighted by Crippen LogP contribution is 2.41. The van der Waals surface area contributed by atoms with Gasteiger partial charge in [0.2, 0.25) is 11.9 Å². The van der Waals surface area contributed by atoms with Crippen molar-refractivity contribution < 1.29 is 18.0 Å². The Morgan fingerprint density at radius 2 is 1.96 bits per heavy atom. The fraction of sp³-hybridized carbons (Fsp3) is 0.706. The van der Waals surface area contributed by atoms with E-state index in [1.54, 1.807) is 4.90 Å². The molecule has 25 heavy (non-hydrogen) atoms. The number of rotatable bonds is 4. The van der Waals surface area contributed by atoms with Gasteiger partial charge in [0.15, 0.2) is 5.82 Å². The number of hydrogen-bond acceptors (Lipinski definition) is 4. The molecule has 0 spiro atoms. The molecule has 1 aliphatic carbocycles. The van der Waals surface area contributed by atoms with Crippen LogP contribution in [-0.4, -0.2) is 41.4 Å². The van der Waals surface area contributed by atoms with Crippen LogP contribution < -0.4 is 10.2 Å². The predicted molar refractivity (Wildman–Crippen MR) is 86.8 cm³/mol. The van der Waals surface area contributed by atoms with Gasteiger partial charge in [-0.25, -0.2) is 23.1 Å². The number of carbonyl (C=O) groups excluding carboxylic acids is 1. The highest BCUT2D eigenvalue weighted by Gasteiger charge is 2.44. The van der Waals surface area contributed by atoms with Crippen LogP contribution in [-0.2, 0) is 4.79 Å². The molecule has 1 atom stereocenters. The zero-order valence-corrected chi connectivity index (χ0v) is 14.3. The van der Waals surface area contributed by atoms with Crippen LogP contribution in [0.15, 0.2) is 12.4 Å². The maximum absolute atomic E-state index is 14.4. The molecule has 0 aromatic carbocycles. The monoisotopic (exact) mass is 356 g/mol. The molecule has 2 aliphatic rings. The van der Waals surface area contributed by atoms with E-state index in [2.05, 4.69) is 15.3 Å². The molecule has 0 bridgehead atoms. The number of carbonyl (C=O) groups is 1. The van der Waals surface area contributed by atoms with E-state index in [9.17, 15) is 18.0 Å². The number of halogens is 3. The minimum Gasteiger partial charge on any atom is -0.355 e. The zero-order valence-electron chi connectivity index (χ0n) is 14.3. The SMILES string of the molecule is CC1(C(=O)NCC2CCN(c3ncc(F)cn3)CCC2(F)F)CCC1. The first-order valence-electron chi connectivity index (χ1n) is 8.69. The van der Waals surface area contributed by atoms with Gasteiger partial charge in [0.25, 0.3) is 5.92 Å². The Balaban J connectivity index is 1.60. The van der Waals surface area contributed by atoms with Gasteiger partial charge < -0.3 is 10.2 Å². The number of aromatic nitrogens is 2. The van der Waals surface area contributed by atoms with Crippen LogP contribution in [0.4, 0.5) is 19.1 Å². The lowest BCUT2D eigenvalue weighted by atomic mass is 9.70. The van der Waals surface area contributed by atoms with E-state index in [1.165, 1.54) is 0 Å². The Labute approximate surface area is 145 Å². The molecule has 138 valence electrons.